The predicted octanol–water partition coefficient (Wildman–Crippen LogP) is 0.909. The van der Waals surface area contributed by atoms with Crippen molar-refractivity contribution in [3.05, 3.63) is 0 Å². The van der Waals surface area contributed by atoms with Gasteiger partial charge in [0.1, 0.15) is 0 Å². The summed E-state index contributed by atoms with van der Waals surface area (Å²) in [5, 5.41) is 2.79. The lowest BCUT2D eigenvalue weighted by molar-refractivity contribution is -0.120. The lowest BCUT2D eigenvalue weighted by Gasteiger charge is -2.06. The highest BCUT2D eigenvalue weighted by Crippen LogP contribution is 1.94. The molecule has 0 bridgehead atoms. The number of carbonyl (C=O) groups is 1. The van der Waals surface area contributed by atoms with Crippen LogP contribution in [0.15, 0.2) is 0 Å². The van der Waals surface area contributed by atoms with Gasteiger partial charge in [-0.2, -0.15) is 11.8 Å². The van der Waals surface area contributed by atoms with Crippen molar-refractivity contribution >= 4 is 17.7 Å². The summed E-state index contributed by atoms with van der Waals surface area (Å²) < 4.78 is 10.3. The maximum Gasteiger partial charge on any atom is 0.220 e. The van der Waals surface area contributed by atoms with E-state index in [1.165, 1.54) is 0 Å². The molecule has 0 heterocycles. The number of nitrogens with one attached hydrogen (secondary N) is 1. The molecule has 1 amide bonds. The molecular formula is C10H21NO3S. The Morgan fingerprint density at radius 3 is 2.67 bits per heavy atom. The van der Waals surface area contributed by atoms with E-state index in [-0.39, 0.29) is 5.91 Å². The molecule has 5 heteroatoms. The van der Waals surface area contributed by atoms with Crippen LogP contribution in [0.3, 0.4) is 0 Å². The van der Waals surface area contributed by atoms with Gasteiger partial charge in [-0.3, -0.25) is 4.79 Å². The Morgan fingerprint density at radius 1 is 1.27 bits per heavy atom. The monoisotopic (exact) mass is 235 g/mol. The van der Waals surface area contributed by atoms with Crippen LogP contribution in [-0.4, -0.2) is 50.9 Å². The standard InChI is InChI=1S/C10H21NO3S/c1-3-13-7-8-14-6-5-11-10(12)4-9-15-2/h3-9H2,1-2H3,(H,11,12). The van der Waals surface area contributed by atoms with Gasteiger partial charge in [0.25, 0.3) is 0 Å². The molecule has 0 saturated heterocycles. The molecule has 0 aliphatic rings. The van der Waals surface area contributed by atoms with E-state index in [1.807, 2.05) is 13.2 Å². The van der Waals surface area contributed by atoms with Crippen molar-refractivity contribution in [2.24, 2.45) is 0 Å². The summed E-state index contributed by atoms with van der Waals surface area (Å²) in [6, 6.07) is 0. The fourth-order valence-corrected chi connectivity index (χ4v) is 1.30. The molecule has 0 spiro atoms. The van der Waals surface area contributed by atoms with Crippen molar-refractivity contribution in [3.8, 4) is 0 Å². The molecule has 4 nitrogen and oxygen atoms in total. The van der Waals surface area contributed by atoms with E-state index in [2.05, 4.69) is 5.32 Å². The zero-order chi connectivity index (χ0) is 11.4. The Hall–Kier alpha value is -0.260. The van der Waals surface area contributed by atoms with Crippen molar-refractivity contribution < 1.29 is 14.3 Å². The normalized spacial score (nSPS) is 10.3. The number of hydrogen-bond donors (Lipinski definition) is 1. The molecule has 15 heavy (non-hydrogen) atoms. The Balaban J connectivity index is 3.06. The number of hydrogen-bond acceptors (Lipinski definition) is 4. The van der Waals surface area contributed by atoms with Crippen molar-refractivity contribution in [1.82, 2.24) is 5.32 Å². The lowest BCUT2D eigenvalue weighted by atomic mass is 10.4. The molecule has 0 aromatic carbocycles. The van der Waals surface area contributed by atoms with E-state index in [0.29, 0.717) is 32.8 Å². The summed E-state index contributed by atoms with van der Waals surface area (Å²) in [7, 11) is 0. The van der Waals surface area contributed by atoms with Crippen LogP contribution >= 0.6 is 11.8 Å². The van der Waals surface area contributed by atoms with Crippen LogP contribution in [0.5, 0.6) is 0 Å². The van der Waals surface area contributed by atoms with Gasteiger partial charge in [0.15, 0.2) is 0 Å². The van der Waals surface area contributed by atoms with Gasteiger partial charge in [-0.25, -0.2) is 0 Å². The Morgan fingerprint density at radius 2 is 2.00 bits per heavy atom. The summed E-state index contributed by atoms with van der Waals surface area (Å²) in [6.45, 7) is 5.02. The van der Waals surface area contributed by atoms with Gasteiger partial charge < -0.3 is 14.8 Å². The van der Waals surface area contributed by atoms with Crippen LogP contribution in [0, 0.1) is 0 Å². The largest absolute Gasteiger partial charge is 0.379 e. The first-order chi connectivity index (χ1) is 7.31. The summed E-state index contributed by atoms with van der Waals surface area (Å²) in [5.41, 5.74) is 0. The van der Waals surface area contributed by atoms with E-state index < -0.39 is 0 Å². The SMILES string of the molecule is CCOCCOCCNC(=O)CCSC. The first-order valence-electron chi connectivity index (χ1n) is 5.22. The second-order valence-electron chi connectivity index (χ2n) is 2.90. The molecular weight excluding hydrogens is 214 g/mol. The number of thioether (sulfide) groups is 1. The zero-order valence-electron chi connectivity index (χ0n) is 9.58. The second kappa shape index (κ2) is 11.8. The summed E-state index contributed by atoms with van der Waals surface area (Å²) >= 11 is 1.67. The number of amides is 1. The fourth-order valence-electron chi connectivity index (χ4n) is 0.910. The third-order valence-electron chi connectivity index (χ3n) is 1.68. The number of rotatable bonds is 10. The molecule has 0 radical (unpaired) electrons. The molecule has 0 atom stereocenters. The minimum absolute atomic E-state index is 0.0951. The van der Waals surface area contributed by atoms with E-state index in [4.69, 9.17) is 9.47 Å². The highest BCUT2D eigenvalue weighted by Gasteiger charge is 1.98. The molecule has 0 fully saturated rings. The summed E-state index contributed by atoms with van der Waals surface area (Å²) in [5.74, 6) is 0.967. The quantitative estimate of drug-likeness (QED) is 0.572. The van der Waals surface area contributed by atoms with Gasteiger partial charge in [0, 0.05) is 25.3 Å². The van der Waals surface area contributed by atoms with Gasteiger partial charge in [-0.05, 0) is 13.2 Å². The topological polar surface area (TPSA) is 47.6 Å². The van der Waals surface area contributed by atoms with Gasteiger partial charge >= 0.3 is 0 Å². The van der Waals surface area contributed by atoms with Crippen LogP contribution in [0.25, 0.3) is 0 Å². The average Bonchev–Trinajstić information content (AvgIpc) is 2.25. The van der Waals surface area contributed by atoms with E-state index in [9.17, 15) is 4.79 Å². The number of carbonyl (C=O) groups excluding carboxylic acids is 1. The average molecular weight is 235 g/mol. The zero-order valence-corrected chi connectivity index (χ0v) is 10.4. The minimum Gasteiger partial charge on any atom is -0.379 e. The van der Waals surface area contributed by atoms with Crippen molar-refractivity contribution in [3.63, 3.8) is 0 Å². The highest BCUT2D eigenvalue weighted by atomic mass is 32.2. The van der Waals surface area contributed by atoms with Gasteiger partial charge in [-0.15, -0.1) is 0 Å². The maximum atomic E-state index is 11.1. The lowest BCUT2D eigenvalue weighted by Crippen LogP contribution is -2.27. The van der Waals surface area contributed by atoms with Crippen LogP contribution in [-0.2, 0) is 14.3 Å². The molecule has 0 aliphatic carbocycles. The van der Waals surface area contributed by atoms with E-state index >= 15 is 0 Å². The molecule has 1 N–H and O–H groups in total. The molecule has 0 aromatic rings. The Labute approximate surface area is 96.1 Å². The first kappa shape index (κ1) is 14.7. The first-order valence-corrected chi connectivity index (χ1v) is 6.61. The fraction of sp³-hybridized carbons (Fsp3) is 0.900. The molecule has 0 rings (SSSR count). The third kappa shape index (κ3) is 11.7. The van der Waals surface area contributed by atoms with Crippen LogP contribution in [0.4, 0.5) is 0 Å². The smallest absolute Gasteiger partial charge is 0.220 e. The predicted molar refractivity (Wildman–Crippen MR) is 63.3 cm³/mol. The number of ether oxygens (including phenoxy) is 2. The van der Waals surface area contributed by atoms with Crippen molar-refractivity contribution in [1.29, 1.82) is 0 Å². The highest BCUT2D eigenvalue weighted by molar-refractivity contribution is 7.98. The maximum absolute atomic E-state index is 11.1. The van der Waals surface area contributed by atoms with Gasteiger partial charge in [0.05, 0.1) is 19.8 Å². The van der Waals surface area contributed by atoms with Crippen LogP contribution < -0.4 is 5.32 Å². The second-order valence-corrected chi connectivity index (χ2v) is 3.89. The summed E-state index contributed by atoms with van der Waals surface area (Å²) in [4.78, 5) is 11.1. The molecule has 0 aliphatic heterocycles. The van der Waals surface area contributed by atoms with E-state index in [1.54, 1.807) is 11.8 Å². The van der Waals surface area contributed by atoms with Crippen molar-refractivity contribution in [2.75, 3.05) is 45.0 Å². The van der Waals surface area contributed by atoms with E-state index in [0.717, 1.165) is 12.4 Å². The minimum atomic E-state index is 0.0951. The van der Waals surface area contributed by atoms with Gasteiger partial charge in [0.2, 0.25) is 5.91 Å². The van der Waals surface area contributed by atoms with Crippen molar-refractivity contribution in [2.45, 2.75) is 13.3 Å². The summed E-state index contributed by atoms with van der Waals surface area (Å²) in [6.07, 6.45) is 2.57. The molecule has 0 saturated carbocycles. The van der Waals surface area contributed by atoms with Gasteiger partial charge in [-0.1, -0.05) is 0 Å². The third-order valence-corrected chi connectivity index (χ3v) is 2.29. The molecule has 90 valence electrons. The molecule has 0 aromatic heterocycles. The molecule has 0 unspecified atom stereocenters. The van der Waals surface area contributed by atoms with Crippen LogP contribution in [0.1, 0.15) is 13.3 Å². The van der Waals surface area contributed by atoms with Crippen LogP contribution in [0.2, 0.25) is 0 Å². The Kier molecular flexibility index (Phi) is 11.6. The Bertz CT molecular complexity index is 156.